The monoisotopic (exact) mass is 375 g/mol. The lowest BCUT2D eigenvalue weighted by molar-refractivity contribution is -0.160. The van der Waals surface area contributed by atoms with Crippen LogP contribution in [0.5, 0.6) is 0 Å². The minimum atomic E-state index is -0.957. The molecule has 0 heterocycles. The molecule has 0 fully saturated rings. The summed E-state index contributed by atoms with van der Waals surface area (Å²) in [6, 6.07) is 14.0. The van der Waals surface area contributed by atoms with E-state index in [1.807, 2.05) is 42.5 Å². The number of carbonyl (C=O) groups excluding carboxylic acids is 1. The van der Waals surface area contributed by atoms with E-state index < -0.39 is 28.8 Å². The molecule has 2 unspecified atom stereocenters. The molecule has 3 N–H and O–H groups in total. The number of benzene rings is 2. The second-order valence-electron chi connectivity index (χ2n) is 7.16. The zero-order valence-electron chi connectivity index (χ0n) is 15.3. The lowest BCUT2D eigenvalue weighted by Crippen LogP contribution is -2.38. The highest BCUT2D eigenvalue weighted by atomic mass is 32.2. The van der Waals surface area contributed by atoms with E-state index in [-0.39, 0.29) is 12.8 Å². The Balaban J connectivity index is 2.16. The predicted molar refractivity (Wildman–Crippen MR) is 104 cm³/mol. The molecule has 26 heavy (non-hydrogen) atoms. The summed E-state index contributed by atoms with van der Waals surface area (Å²) in [5.41, 5.74) is 5.62. The minimum Gasteiger partial charge on any atom is -0.481 e. The van der Waals surface area contributed by atoms with Gasteiger partial charge in [0.25, 0.3) is 0 Å². The molecule has 0 spiro atoms. The summed E-state index contributed by atoms with van der Waals surface area (Å²) in [4.78, 5) is 24.4. The Morgan fingerprint density at radius 3 is 2.42 bits per heavy atom. The van der Waals surface area contributed by atoms with E-state index in [0.717, 1.165) is 15.7 Å². The van der Waals surface area contributed by atoms with Crippen LogP contribution in [0, 0.1) is 5.92 Å². The molecule has 140 valence electrons. The Morgan fingerprint density at radius 2 is 1.81 bits per heavy atom. The number of rotatable bonds is 7. The number of aliphatic carboxylic acids is 1. The first-order valence-electron chi connectivity index (χ1n) is 8.51. The number of hydrogen-bond acceptors (Lipinski definition) is 5. The van der Waals surface area contributed by atoms with Crippen LogP contribution in [0.2, 0.25) is 0 Å². The molecule has 2 rings (SSSR count). The van der Waals surface area contributed by atoms with Gasteiger partial charge in [-0.15, -0.1) is 11.8 Å². The van der Waals surface area contributed by atoms with Crippen LogP contribution < -0.4 is 5.73 Å². The van der Waals surface area contributed by atoms with Crippen molar-refractivity contribution < 1.29 is 19.4 Å². The number of carboxylic acids is 1. The summed E-state index contributed by atoms with van der Waals surface area (Å²) in [6.45, 7) is 5.34. The molecule has 0 saturated carbocycles. The Labute approximate surface area is 157 Å². The van der Waals surface area contributed by atoms with E-state index >= 15 is 0 Å². The van der Waals surface area contributed by atoms with Gasteiger partial charge >= 0.3 is 11.9 Å². The Kier molecular flexibility index (Phi) is 6.67. The van der Waals surface area contributed by atoms with E-state index in [1.165, 1.54) is 11.8 Å². The van der Waals surface area contributed by atoms with E-state index in [0.29, 0.717) is 0 Å². The topological polar surface area (TPSA) is 89.6 Å². The van der Waals surface area contributed by atoms with Crippen LogP contribution in [-0.4, -0.2) is 28.0 Å². The molecule has 0 amide bonds. The largest absolute Gasteiger partial charge is 0.481 e. The molecular formula is C20H25NO4S. The van der Waals surface area contributed by atoms with Crippen LogP contribution in [0.4, 0.5) is 0 Å². The van der Waals surface area contributed by atoms with Gasteiger partial charge < -0.3 is 15.6 Å². The fourth-order valence-electron chi connectivity index (χ4n) is 2.55. The summed E-state index contributed by atoms with van der Waals surface area (Å²) in [6.07, 6.45) is 0.0158. The fourth-order valence-corrected chi connectivity index (χ4v) is 3.62. The molecule has 0 aliphatic rings. The maximum Gasteiger partial charge on any atom is 0.311 e. The highest BCUT2D eigenvalue weighted by molar-refractivity contribution is 8.00. The van der Waals surface area contributed by atoms with Crippen molar-refractivity contribution in [2.24, 2.45) is 11.7 Å². The van der Waals surface area contributed by atoms with Crippen molar-refractivity contribution in [3.8, 4) is 0 Å². The Bertz CT molecular complexity index is 785. The van der Waals surface area contributed by atoms with Crippen LogP contribution in [0.25, 0.3) is 10.8 Å². The third-order valence-corrected chi connectivity index (χ3v) is 4.90. The third-order valence-electron chi connectivity index (χ3n) is 3.77. The number of esters is 1. The molecule has 2 atom stereocenters. The van der Waals surface area contributed by atoms with Gasteiger partial charge in [-0.3, -0.25) is 9.59 Å². The smallest absolute Gasteiger partial charge is 0.311 e. The summed E-state index contributed by atoms with van der Waals surface area (Å²) >= 11 is 1.36. The normalized spacial score (nSPS) is 14.0. The molecule has 6 heteroatoms. The van der Waals surface area contributed by atoms with Crippen LogP contribution in [0.15, 0.2) is 47.4 Å². The zero-order chi connectivity index (χ0) is 19.3. The highest BCUT2D eigenvalue weighted by Gasteiger charge is 2.31. The van der Waals surface area contributed by atoms with Gasteiger partial charge in [-0.25, -0.2) is 0 Å². The van der Waals surface area contributed by atoms with Crippen molar-refractivity contribution >= 4 is 34.5 Å². The van der Waals surface area contributed by atoms with Crippen LogP contribution in [0.1, 0.15) is 33.6 Å². The molecule has 2 aromatic rings. The molecule has 5 nitrogen and oxygen atoms in total. The number of carbonyl (C=O) groups is 2. The SMILES string of the molecule is CC(C)(C)OC(=O)C(CCC(=O)O)C(N)Sc1ccc2ccccc2c1. The van der Waals surface area contributed by atoms with Crippen molar-refractivity contribution in [1.82, 2.24) is 0 Å². The summed E-state index contributed by atoms with van der Waals surface area (Å²) in [5, 5.41) is 10.6. The molecule has 0 aromatic heterocycles. The molecule has 0 aliphatic heterocycles. The Morgan fingerprint density at radius 1 is 1.15 bits per heavy atom. The van der Waals surface area contributed by atoms with Crippen LogP contribution >= 0.6 is 11.8 Å². The molecular weight excluding hydrogens is 350 g/mol. The number of thioether (sulfide) groups is 1. The van der Waals surface area contributed by atoms with E-state index in [9.17, 15) is 9.59 Å². The average molecular weight is 375 g/mol. The molecule has 0 radical (unpaired) electrons. The highest BCUT2D eigenvalue weighted by Crippen LogP contribution is 2.31. The summed E-state index contributed by atoms with van der Waals surface area (Å²) in [7, 11) is 0. The molecule has 2 aromatic carbocycles. The average Bonchev–Trinajstić information content (AvgIpc) is 2.53. The second kappa shape index (κ2) is 8.56. The molecule has 0 bridgehead atoms. The number of ether oxygens (including phenoxy) is 1. The van der Waals surface area contributed by atoms with Crippen molar-refractivity contribution in [1.29, 1.82) is 0 Å². The summed E-state index contributed by atoms with van der Waals surface area (Å²) in [5.74, 6) is -2.11. The van der Waals surface area contributed by atoms with Gasteiger partial charge in [0.2, 0.25) is 0 Å². The minimum absolute atomic E-state index is 0.129. The number of nitrogens with two attached hydrogens (primary N) is 1. The van der Waals surface area contributed by atoms with E-state index in [4.69, 9.17) is 15.6 Å². The second-order valence-corrected chi connectivity index (χ2v) is 8.42. The number of hydrogen-bond donors (Lipinski definition) is 2. The Hall–Kier alpha value is -2.05. The van der Waals surface area contributed by atoms with Gasteiger partial charge in [-0.2, -0.15) is 0 Å². The first-order chi connectivity index (χ1) is 12.2. The van der Waals surface area contributed by atoms with Crippen LogP contribution in [0.3, 0.4) is 0 Å². The lowest BCUT2D eigenvalue weighted by Gasteiger charge is -2.26. The fraction of sp³-hybridized carbons (Fsp3) is 0.400. The van der Waals surface area contributed by atoms with Crippen LogP contribution in [-0.2, 0) is 14.3 Å². The van der Waals surface area contributed by atoms with Gasteiger partial charge in [0.1, 0.15) is 5.60 Å². The third kappa shape index (κ3) is 6.04. The van der Waals surface area contributed by atoms with Gasteiger partial charge in [-0.1, -0.05) is 30.3 Å². The molecule has 0 saturated heterocycles. The first kappa shape index (κ1) is 20.3. The summed E-state index contributed by atoms with van der Waals surface area (Å²) < 4.78 is 5.44. The van der Waals surface area contributed by atoms with Crippen molar-refractivity contribution in [2.75, 3.05) is 0 Å². The van der Waals surface area contributed by atoms with Gasteiger partial charge in [0.15, 0.2) is 0 Å². The van der Waals surface area contributed by atoms with Gasteiger partial charge in [0.05, 0.1) is 11.3 Å². The lowest BCUT2D eigenvalue weighted by atomic mass is 10.0. The number of fused-ring (bicyclic) bond motifs is 1. The van der Waals surface area contributed by atoms with Gasteiger partial charge in [-0.05, 0) is 50.1 Å². The molecule has 0 aliphatic carbocycles. The first-order valence-corrected chi connectivity index (χ1v) is 9.39. The van der Waals surface area contributed by atoms with E-state index in [1.54, 1.807) is 20.8 Å². The van der Waals surface area contributed by atoms with E-state index in [2.05, 4.69) is 0 Å². The zero-order valence-corrected chi connectivity index (χ0v) is 16.1. The maximum absolute atomic E-state index is 12.5. The van der Waals surface area contributed by atoms with Crippen molar-refractivity contribution in [3.05, 3.63) is 42.5 Å². The predicted octanol–water partition coefficient (Wildman–Crippen LogP) is 4.04. The van der Waals surface area contributed by atoms with Crippen molar-refractivity contribution in [2.45, 2.75) is 49.5 Å². The standard InChI is InChI=1S/C20H25NO4S/c1-20(2,3)25-19(24)16(10-11-17(22)23)18(21)26-15-9-8-13-6-4-5-7-14(13)12-15/h4-9,12,16,18H,10-11,21H2,1-3H3,(H,22,23). The van der Waals surface area contributed by atoms with Crippen molar-refractivity contribution in [3.63, 3.8) is 0 Å². The van der Waals surface area contributed by atoms with Gasteiger partial charge in [0, 0.05) is 11.3 Å². The maximum atomic E-state index is 12.5. The quantitative estimate of drug-likeness (QED) is 0.431. The number of carboxylic acid groups (broad SMARTS) is 1.